The molecule has 11 nitrogen and oxygen atoms in total. The first-order valence-electron chi connectivity index (χ1n) is 6.70. The molecule has 1 fully saturated rings. The van der Waals surface area contributed by atoms with Crippen LogP contribution in [0.15, 0.2) is 17.1 Å². The molecule has 4 N–H and O–H groups in total. The summed E-state index contributed by atoms with van der Waals surface area (Å²) in [4.78, 5) is 43.3. The number of halogens is 2. The Morgan fingerprint density at radius 2 is 2.20 bits per heavy atom. The van der Waals surface area contributed by atoms with Gasteiger partial charge in [0, 0.05) is 13.1 Å². The molecule has 2 heterocycles. The molecule has 1 aliphatic heterocycles. The van der Waals surface area contributed by atoms with E-state index in [1.807, 2.05) is 0 Å². The molecule has 1 aromatic rings. The molecule has 0 bridgehead atoms. The van der Waals surface area contributed by atoms with Crippen LogP contribution in [0.2, 0.25) is 0 Å². The average Bonchev–Trinajstić information content (AvgIpc) is 2.67. The van der Waals surface area contributed by atoms with Gasteiger partial charge in [-0.2, -0.15) is 13.8 Å². The highest BCUT2D eigenvalue weighted by Crippen LogP contribution is 2.44. The number of amides is 1. The van der Waals surface area contributed by atoms with Gasteiger partial charge >= 0.3 is 19.4 Å². The lowest BCUT2D eigenvalue weighted by atomic mass is 10.1. The number of hydrogen-bond donors (Lipinski definition) is 4. The number of carbonyl (C=O) groups excluding carboxylic acids is 1. The summed E-state index contributed by atoms with van der Waals surface area (Å²) in [5, 5.41) is 11.8. The molecule has 0 spiro atoms. The smallest absolute Gasteiger partial charge is 0.384 e. The number of ether oxygens (including phenoxy) is 1. The number of nitrogens with zero attached hydrogens (tertiary/aromatic N) is 2. The van der Waals surface area contributed by atoms with Gasteiger partial charge in [0.15, 0.2) is 6.10 Å². The Hall–Kier alpha value is -1.76. The van der Waals surface area contributed by atoms with Gasteiger partial charge in [0.2, 0.25) is 12.1 Å². The van der Waals surface area contributed by atoms with E-state index in [1.54, 1.807) is 0 Å². The molecular formula is C11H14F2N3O8P. The van der Waals surface area contributed by atoms with E-state index in [0.717, 1.165) is 19.2 Å². The largest absolute Gasteiger partial charge is 0.469 e. The van der Waals surface area contributed by atoms with Crippen molar-refractivity contribution in [2.24, 2.45) is 0 Å². The van der Waals surface area contributed by atoms with E-state index in [2.05, 4.69) is 14.8 Å². The van der Waals surface area contributed by atoms with Crippen LogP contribution >= 0.6 is 7.82 Å². The Morgan fingerprint density at radius 1 is 1.56 bits per heavy atom. The van der Waals surface area contributed by atoms with Crippen molar-refractivity contribution in [1.82, 2.24) is 9.55 Å². The average molecular weight is 385 g/mol. The Kier molecular flexibility index (Phi) is 5.37. The number of alkyl halides is 2. The summed E-state index contributed by atoms with van der Waals surface area (Å²) in [6.45, 7) is 0.132. The van der Waals surface area contributed by atoms with Gasteiger partial charge in [0.25, 0.3) is 0 Å². The second-order valence-corrected chi connectivity index (χ2v) is 6.36. The maximum Gasteiger partial charge on any atom is 0.469 e. The molecule has 1 saturated heterocycles. The third-order valence-corrected chi connectivity index (χ3v) is 3.66. The van der Waals surface area contributed by atoms with Crippen molar-refractivity contribution in [2.75, 3.05) is 11.9 Å². The molecule has 0 radical (unpaired) electrons. The van der Waals surface area contributed by atoms with E-state index in [4.69, 9.17) is 14.5 Å². The van der Waals surface area contributed by atoms with Crippen molar-refractivity contribution < 1.29 is 42.3 Å². The molecular weight excluding hydrogens is 371 g/mol. The second-order valence-electron chi connectivity index (χ2n) is 5.12. The van der Waals surface area contributed by atoms with Crippen LogP contribution < -0.4 is 11.0 Å². The molecule has 3 atom stereocenters. The van der Waals surface area contributed by atoms with Gasteiger partial charge in [-0.15, -0.1) is 0 Å². The van der Waals surface area contributed by atoms with Crippen molar-refractivity contribution in [3.8, 4) is 0 Å². The Bertz CT molecular complexity index is 766. The fraction of sp³-hybridized carbons (Fsp3) is 0.545. The third-order valence-electron chi connectivity index (χ3n) is 3.17. The first-order valence-corrected chi connectivity index (χ1v) is 8.23. The van der Waals surface area contributed by atoms with Crippen LogP contribution in [0.25, 0.3) is 0 Å². The first kappa shape index (κ1) is 19.6. The number of anilines is 1. The molecule has 0 aliphatic carbocycles. The van der Waals surface area contributed by atoms with E-state index in [9.17, 15) is 28.0 Å². The highest BCUT2D eigenvalue weighted by Gasteiger charge is 2.60. The number of aliphatic hydroxyl groups excluding tert-OH is 1. The van der Waals surface area contributed by atoms with Crippen LogP contribution in [0.3, 0.4) is 0 Å². The second kappa shape index (κ2) is 6.86. The van der Waals surface area contributed by atoms with Gasteiger partial charge in [-0.05, 0) is 6.07 Å². The summed E-state index contributed by atoms with van der Waals surface area (Å²) >= 11 is 0. The van der Waals surface area contributed by atoms with Crippen LogP contribution in [-0.2, 0) is 18.6 Å². The summed E-state index contributed by atoms with van der Waals surface area (Å²) in [6, 6.07) is 1.06. The summed E-state index contributed by atoms with van der Waals surface area (Å²) in [5.41, 5.74) is -1.19. The minimum Gasteiger partial charge on any atom is -0.384 e. The number of phosphoric ester groups is 1. The van der Waals surface area contributed by atoms with Crippen LogP contribution in [-0.4, -0.2) is 55.1 Å². The third kappa shape index (κ3) is 4.45. The van der Waals surface area contributed by atoms with Crippen molar-refractivity contribution >= 4 is 19.5 Å². The highest BCUT2D eigenvalue weighted by molar-refractivity contribution is 7.46. The van der Waals surface area contributed by atoms with Crippen molar-refractivity contribution in [3.63, 3.8) is 0 Å². The molecule has 1 aromatic heterocycles. The molecule has 0 unspecified atom stereocenters. The van der Waals surface area contributed by atoms with Crippen molar-refractivity contribution in [2.45, 2.75) is 31.3 Å². The Balaban J connectivity index is 2.25. The summed E-state index contributed by atoms with van der Waals surface area (Å²) < 4.78 is 48.2. The van der Waals surface area contributed by atoms with Gasteiger partial charge in [0.1, 0.15) is 11.9 Å². The van der Waals surface area contributed by atoms with Gasteiger partial charge in [0.05, 0.1) is 6.61 Å². The summed E-state index contributed by atoms with van der Waals surface area (Å²) in [6.07, 6.45) is -5.68. The number of carbonyl (C=O) groups is 1. The van der Waals surface area contributed by atoms with E-state index in [0.29, 0.717) is 4.57 Å². The number of nitrogens with one attached hydrogen (secondary N) is 1. The molecule has 25 heavy (non-hydrogen) atoms. The Morgan fingerprint density at radius 3 is 2.72 bits per heavy atom. The number of aromatic nitrogens is 2. The van der Waals surface area contributed by atoms with Crippen molar-refractivity contribution in [1.29, 1.82) is 0 Å². The monoisotopic (exact) mass is 385 g/mol. The predicted molar refractivity (Wildman–Crippen MR) is 75.7 cm³/mol. The summed E-state index contributed by atoms with van der Waals surface area (Å²) in [7, 11) is -4.96. The van der Waals surface area contributed by atoms with E-state index in [1.165, 1.54) is 0 Å². The summed E-state index contributed by atoms with van der Waals surface area (Å²) in [5.74, 6) is -4.67. The molecule has 0 aromatic carbocycles. The molecule has 1 aliphatic rings. The van der Waals surface area contributed by atoms with Gasteiger partial charge in [-0.3, -0.25) is 13.9 Å². The maximum atomic E-state index is 14.2. The topological polar surface area (TPSA) is 160 Å². The fourth-order valence-electron chi connectivity index (χ4n) is 2.12. The zero-order valence-electron chi connectivity index (χ0n) is 12.6. The van der Waals surface area contributed by atoms with Gasteiger partial charge < -0.3 is 24.9 Å². The SMILES string of the molecule is CC(=O)Nc1ccn([C@@H]2O[C@H](COP(=O)(O)O)[C@H](O)C2(F)F)c(=O)n1. The lowest BCUT2D eigenvalue weighted by molar-refractivity contribution is -0.140. The van der Waals surface area contributed by atoms with Crippen LogP contribution in [0.5, 0.6) is 0 Å². The standard InChI is InChI=1S/C11H14F2N3O8P/c1-5(17)14-7-2-3-16(10(19)15-7)9-11(12,13)8(18)6(24-9)4-23-25(20,21)22/h2-3,6,8-9,18H,4H2,1H3,(H2,20,21,22)(H,14,15,17,19)/t6-,8+,9-/m1/s1. The number of hydrogen-bond acceptors (Lipinski definition) is 7. The van der Waals surface area contributed by atoms with Crippen molar-refractivity contribution in [3.05, 3.63) is 22.7 Å². The fourth-order valence-corrected chi connectivity index (χ4v) is 2.46. The van der Waals surface area contributed by atoms with Crippen LogP contribution in [0, 0.1) is 0 Å². The zero-order valence-corrected chi connectivity index (χ0v) is 13.5. The minimum absolute atomic E-state index is 0.169. The number of rotatable bonds is 5. The predicted octanol–water partition coefficient (Wildman–Crippen LogP) is -0.795. The lowest BCUT2D eigenvalue weighted by Gasteiger charge is -2.21. The van der Waals surface area contributed by atoms with Crippen LogP contribution in [0.1, 0.15) is 13.2 Å². The van der Waals surface area contributed by atoms with Crippen LogP contribution in [0.4, 0.5) is 14.6 Å². The quantitative estimate of drug-likeness (QED) is 0.476. The normalized spacial score (nSPS) is 25.8. The number of phosphoric acid groups is 1. The van der Waals surface area contributed by atoms with E-state index in [-0.39, 0.29) is 5.82 Å². The van der Waals surface area contributed by atoms with E-state index < -0.39 is 50.4 Å². The maximum absolute atomic E-state index is 14.2. The molecule has 0 saturated carbocycles. The highest BCUT2D eigenvalue weighted by atomic mass is 31.2. The molecule has 140 valence electrons. The molecule has 1 amide bonds. The van der Waals surface area contributed by atoms with E-state index >= 15 is 0 Å². The molecule has 2 rings (SSSR count). The Labute approximate surface area is 138 Å². The lowest BCUT2D eigenvalue weighted by Crippen LogP contribution is -2.42. The minimum atomic E-state index is -4.96. The zero-order chi connectivity index (χ0) is 19.0. The van der Waals surface area contributed by atoms with Gasteiger partial charge in [-0.1, -0.05) is 0 Å². The van der Waals surface area contributed by atoms with Gasteiger partial charge in [-0.25, -0.2) is 9.36 Å². The number of aliphatic hydroxyl groups is 1. The first-order chi connectivity index (χ1) is 11.4. The molecule has 14 heteroatoms.